The molecule has 0 fully saturated rings. The molecular formula is C65H47NSi2. The molecule has 11 aromatic carbocycles. The van der Waals surface area contributed by atoms with Gasteiger partial charge in [0.1, 0.15) is 0 Å². The van der Waals surface area contributed by atoms with Crippen LogP contribution in [-0.4, -0.2) is 21.1 Å². The molecule has 0 aliphatic heterocycles. The van der Waals surface area contributed by atoms with Crippen molar-refractivity contribution in [3.05, 3.63) is 285 Å². The Morgan fingerprint density at radius 2 is 0.500 bits per heavy atom. The Hall–Kier alpha value is -8.22. The molecule has 0 aliphatic rings. The molecule has 0 radical (unpaired) electrons. The van der Waals surface area contributed by atoms with Crippen molar-refractivity contribution in [2.45, 2.75) is 0 Å². The summed E-state index contributed by atoms with van der Waals surface area (Å²) in [5, 5.41) is 16.8. The summed E-state index contributed by atoms with van der Waals surface area (Å²) < 4.78 is 0. The van der Waals surface area contributed by atoms with Crippen molar-refractivity contribution in [1.82, 2.24) is 4.98 Å². The van der Waals surface area contributed by atoms with Crippen LogP contribution < -0.4 is 41.5 Å². The van der Waals surface area contributed by atoms with E-state index in [1.54, 1.807) is 0 Å². The Balaban J connectivity index is 1.08. The smallest absolute Gasteiger partial charge is 0.179 e. The van der Waals surface area contributed by atoms with Gasteiger partial charge in [-0.15, -0.1) is 0 Å². The molecule has 0 N–H and O–H groups in total. The van der Waals surface area contributed by atoms with Crippen LogP contribution in [-0.2, 0) is 0 Å². The van der Waals surface area contributed by atoms with Crippen LogP contribution >= 0.6 is 0 Å². The van der Waals surface area contributed by atoms with Crippen molar-refractivity contribution < 1.29 is 0 Å². The van der Waals surface area contributed by atoms with Crippen molar-refractivity contribution >= 4 is 90.1 Å². The Bertz CT molecular complexity index is 3480. The summed E-state index contributed by atoms with van der Waals surface area (Å²) in [5.74, 6) is 0. The van der Waals surface area contributed by atoms with Crippen molar-refractivity contribution in [1.29, 1.82) is 0 Å². The number of aromatic nitrogens is 1. The molecule has 0 unspecified atom stereocenters. The first-order chi connectivity index (χ1) is 33.8. The summed E-state index contributed by atoms with van der Waals surface area (Å²) in [6, 6.07) is 104. The van der Waals surface area contributed by atoms with Gasteiger partial charge in [0.15, 0.2) is 16.1 Å². The highest BCUT2D eigenvalue weighted by atomic mass is 28.3. The summed E-state index contributed by atoms with van der Waals surface area (Å²) in [6.45, 7) is 0. The first-order valence-corrected chi connectivity index (χ1v) is 27.5. The van der Waals surface area contributed by atoms with E-state index < -0.39 is 16.1 Å². The third kappa shape index (κ3) is 6.70. The molecule has 12 aromatic rings. The highest BCUT2D eigenvalue weighted by Gasteiger charge is 2.42. The molecule has 0 bridgehead atoms. The summed E-state index contributed by atoms with van der Waals surface area (Å²) >= 11 is 0. The Labute approximate surface area is 400 Å². The fourth-order valence-electron chi connectivity index (χ4n) is 11.3. The number of hydrogen-bond acceptors (Lipinski definition) is 1. The minimum absolute atomic E-state index is 0.988. The van der Waals surface area contributed by atoms with Gasteiger partial charge in [-0.2, -0.15) is 0 Å². The van der Waals surface area contributed by atoms with Gasteiger partial charge in [-0.25, -0.2) is 0 Å². The normalized spacial score (nSPS) is 11.8. The maximum atomic E-state index is 5.17. The first kappa shape index (κ1) is 41.2. The van der Waals surface area contributed by atoms with Gasteiger partial charge in [-0.05, 0) is 80.6 Å². The fourth-order valence-corrected chi connectivity index (χ4v) is 20.8. The van der Waals surface area contributed by atoms with Gasteiger partial charge in [0, 0.05) is 22.4 Å². The molecule has 0 amide bonds. The van der Waals surface area contributed by atoms with Crippen molar-refractivity contribution in [2.24, 2.45) is 0 Å². The standard InChI is InChI=1S/C65H47NSi2/c1-7-23-50(24-8-1)67(51-25-9-2-10-26-51,52-27-11-3-12-28-52)56-43-39-48(40-44-56)63-58-35-19-20-36-59(58)64(65-60-37-21-22-38-62(60)66-47-61(63)65)49-41-45-57(46-42-49)68(53-29-13-4-14-30-53,54-31-15-5-16-32-54)55-33-17-6-18-34-55/h1-47H. The zero-order valence-electron chi connectivity index (χ0n) is 37.6. The molecule has 1 heterocycles. The van der Waals surface area contributed by atoms with Gasteiger partial charge in [0.05, 0.1) is 5.52 Å². The van der Waals surface area contributed by atoms with E-state index in [1.807, 2.05) is 0 Å². The largest absolute Gasteiger partial charge is 0.256 e. The molecule has 0 saturated carbocycles. The number of para-hydroxylation sites is 1. The summed E-state index contributed by atoms with van der Waals surface area (Å²) in [6.07, 6.45) is 2.13. The maximum absolute atomic E-state index is 5.17. The Morgan fingerprint density at radius 1 is 0.221 bits per heavy atom. The molecule has 0 aliphatic carbocycles. The van der Waals surface area contributed by atoms with E-state index >= 15 is 0 Å². The molecule has 0 atom stereocenters. The van der Waals surface area contributed by atoms with Crippen LogP contribution in [0, 0.1) is 0 Å². The van der Waals surface area contributed by atoms with Crippen LogP contribution in [0.15, 0.2) is 285 Å². The van der Waals surface area contributed by atoms with E-state index in [1.165, 1.54) is 79.9 Å². The SMILES string of the molecule is c1ccc([Si](c2ccccc2)(c2ccccc2)c2ccc(-c3c4ccccc4c(-c4ccc([Si](c5ccccc5)(c5ccccc5)c5ccccc5)cc4)c4c3cnc3ccccc34)cc2)cc1. The summed E-state index contributed by atoms with van der Waals surface area (Å²) in [5.41, 5.74) is 5.79. The highest BCUT2D eigenvalue weighted by Crippen LogP contribution is 2.45. The second-order valence-electron chi connectivity index (χ2n) is 17.7. The number of hydrogen-bond donors (Lipinski definition) is 0. The van der Waals surface area contributed by atoms with Crippen LogP contribution in [0.25, 0.3) is 54.7 Å². The van der Waals surface area contributed by atoms with E-state index in [0.717, 1.165) is 16.3 Å². The van der Waals surface area contributed by atoms with Crippen LogP contribution in [0.4, 0.5) is 0 Å². The molecule has 1 nitrogen and oxygen atoms in total. The van der Waals surface area contributed by atoms with Crippen LogP contribution in [0.1, 0.15) is 0 Å². The summed E-state index contributed by atoms with van der Waals surface area (Å²) in [7, 11) is -5.43. The minimum Gasteiger partial charge on any atom is -0.256 e. The zero-order chi connectivity index (χ0) is 45.3. The van der Waals surface area contributed by atoms with Gasteiger partial charge in [-0.3, -0.25) is 4.98 Å². The molecular weight excluding hydrogens is 851 g/mol. The van der Waals surface area contributed by atoms with E-state index in [-0.39, 0.29) is 0 Å². The lowest BCUT2D eigenvalue weighted by Gasteiger charge is -2.34. The van der Waals surface area contributed by atoms with E-state index in [0.29, 0.717) is 0 Å². The first-order valence-electron chi connectivity index (χ1n) is 23.5. The van der Waals surface area contributed by atoms with Crippen LogP contribution in [0.2, 0.25) is 0 Å². The van der Waals surface area contributed by atoms with Crippen LogP contribution in [0.3, 0.4) is 0 Å². The molecule has 12 rings (SSSR count). The number of pyridine rings is 1. The molecule has 320 valence electrons. The topological polar surface area (TPSA) is 12.9 Å². The van der Waals surface area contributed by atoms with Crippen molar-refractivity contribution in [3.8, 4) is 22.3 Å². The maximum Gasteiger partial charge on any atom is 0.179 e. The molecule has 68 heavy (non-hydrogen) atoms. The lowest BCUT2D eigenvalue weighted by molar-refractivity contribution is 1.45. The Kier molecular flexibility index (Phi) is 10.6. The highest BCUT2D eigenvalue weighted by molar-refractivity contribution is 7.20. The Morgan fingerprint density at radius 3 is 0.868 bits per heavy atom. The van der Waals surface area contributed by atoms with Gasteiger partial charge in [0.25, 0.3) is 0 Å². The van der Waals surface area contributed by atoms with E-state index in [9.17, 15) is 0 Å². The molecule has 0 saturated heterocycles. The molecule has 1 aromatic heterocycles. The minimum atomic E-state index is -2.72. The second kappa shape index (κ2) is 17.5. The lowest BCUT2D eigenvalue weighted by Crippen LogP contribution is -2.74. The van der Waals surface area contributed by atoms with Gasteiger partial charge >= 0.3 is 0 Å². The zero-order valence-corrected chi connectivity index (χ0v) is 39.6. The molecule has 3 heteroatoms. The van der Waals surface area contributed by atoms with Crippen molar-refractivity contribution in [2.75, 3.05) is 0 Å². The lowest BCUT2D eigenvalue weighted by atomic mass is 9.85. The number of benzene rings is 11. The molecule has 0 spiro atoms. The quantitative estimate of drug-likeness (QED) is 0.0577. The monoisotopic (exact) mass is 897 g/mol. The average Bonchev–Trinajstić information content (AvgIpc) is 3.43. The van der Waals surface area contributed by atoms with Crippen molar-refractivity contribution in [3.63, 3.8) is 0 Å². The van der Waals surface area contributed by atoms with Gasteiger partial charge in [-0.1, -0.05) is 273 Å². The van der Waals surface area contributed by atoms with Crippen LogP contribution in [0.5, 0.6) is 0 Å². The number of fused-ring (bicyclic) bond motifs is 4. The summed E-state index contributed by atoms with van der Waals surface area (Å²) in [4.78, 5) is 5.17. The predicted molar refractivity (Wildman–Crippen MR) is 295 cm³/mol. The van der Waals surface area contributed by atoms with E-state index in [2.05, 4.69) is 285 Å². The number of rotatable bonds is 10. The fraction of sp³-hybridized carbons (Fsp3) is 0. The van der Waals surface area contributed by atoms with Gasteiger partial charge < -0.3 is 0 Å². The van der Waals surface area contributed by atoms with E-state index in [4.69, 9.17) is 4.98 Å². The third-order valence-corrected chi connectivity index (χ3v) is 23.8. The third-order valence-electron chi connectivity index (χ3n) is 14.2. The predicted octanol–water partition coefficient (Wildman–Crippen LogP) is 10.6. The average molecular weight is 898 g/mol. The van der Waals surface area contributed by atoms with Gasteiger partial charge in [0.2, 0.25) is 0 Å². The second-order valence-corrected chi connectivity index (χ2v) is 25.3. The number of nitrogens with zero attached hydrogens (tertiary/aromatic N) is 1.